The molecule has 1 atom stereocenters. The van der Waals surface area contributed by atoms with E-state index in [2.05, 4.69) is 22.1 Å². The van der Waals surface area contributed by atoms with Gasteiger partial charge in [-0.05, 0) is 50.9 Å². The number of esters is 1. The van der Waals surface area contributed by atoms with Gasteiger partial charge in [0.25, 0.3) is 0 Å². The first-order valence-corrected chi connectivity index (χ1v) is 7.18. The van der Waals surface area contributed by atoms with E-state index in [1.165, 1.54) is 7.11 Å². The number of carbonyl (C=O) groups is 1. The fraction of sp³-hybridized carbons (Fsp3) is 0.562. The summed E-state index contributed by atoms with van der Waals surface area (Å²) < 4.78 is 4.93. The van der Waals surface area contributed by atoms with Gasteiger partial charge >= 0.3 is 5.97 Å². The summed E-state index contributed by atoms with van der Waals surface area (Å²) in [5, 5.41) is 6.68. The van der Waals surface area contributed by atoms with Crippen LogP contribution in [0.15, 0.2) is 35.3 Å². The number of hydrogen-bond donors (Lipinski definition) is 2. The molecule has 1 heterocycles. The van der Waals surface area contributed by atoms with Gasteiger partial charge in [0, 0.05) is 12.1 Å². The van der Waals surface area contributed by atoms with Crippen molar-refractivity contribution in [3.05, 3.63) is 35.3 Å². The largest absolute Gasteiger partial charge is 0.468 e. The van der Waals surface area contributed by atoms with Crippen LogP contribution < -0.4 is 10.6 Å². The van der Waals surface area contributed by atoms with Crippen molar-refractivity contribution in [3.8, 4) is 0 Å². The Morgan fingerprint density at radius 3 is 3.15 bits per heavy atom. The van der Waals surface area contributed by atoms with Gasteiger partial charge in [-0.15, -0.1) is 0 Å². The normalized spacial score (nSPS) is 23.9. The van der Waals surface area contributed by atoms with Crippen LogP contribution in [0.1, 0.15) is 25.7 Å². The highest BCUT2D eigenvalue weighted by atomic mass is 16.5. The average molecular weight is 274 g/mol. The van der Waals surface area contributed by atoms with E-state index < -0.39 is 5.54 Å². The van der Waals surface area contributed by atoms with E-state index in [0.717, 1.165) is 50.9 Å². The van der Waals surface area contributed by atoms with E-state index in [1.54, 1.807) is 0 Å². The second-order valence-electron chi connectivity index (χ2n) is 5.20. The highest BCUT2D eigenvalue weighted by molar-refractivity contribution is 5.81. The minimum absolute atomic E-state index is 0.124. The Kier molecular flexibility index (Phi) is 5.40. The summed E-state index contributed by atoms with van der Waals surface area (Å²) in [6.45, 7) is 2.57. The van der Waals surface area contributed by atoms with Crippen molar-refractivity contribution in [2.24, 2.45) is 0 Å². The van der Waals surface area contributed by atoms with Crippen molar-refractivity contribution < 1.29 is 9.53 Å². The predicted octanol–water partition coefficient (Wildman–Crippen LogP) is 1.46. The van der Waals surface area contributed by atoms with Crippen molar-refractivity contribution in [1.82, 2.24) is 10.6 Å². The topological polar surface area (TPSA) is 50.4 Å². The lowest BCUT2D eigenvalue weighted by atomic mass is 9.91. The van der Waals surface area contributed by atoms with E-state index in [9.17, 15) is 4.79 Å². The van der Waals surface area contributed by atoms with Crippen LogP contribution in [0.25, 0.3) is 0 Å². The molecule has 1 aliphatic heterocycles. The Labute approximate surface area is 120 Å². The Bertz CT molecular complexity index is 475. The predicted molar refractivity (Wildman–Crippen MR) is 78.3 cm³/mol. The summed E-state index contributed by atoms with van der Waals surface area (Å²) in [5.41, 5.74) is 6.65. The standard InChI is InChI=1S/C16H22N2O2/c1-20-15(19)16(10-6-12-18-16)9-5-11-17-13-14-7-3-2-4-8-14/h2-3,7,17-18H,5-6,9-13H2,1H3. The lowest BCUT2D eigenvalue weighted by Gasteiger charge is -2.26. The summed E-state index contributed by atoms with van der Waals surface area (Å²) in [6.07, 6.45) is 9.50. The van der Waals surface area contributed by atoms with Gasteiger partial charge < -0.3 is 15.4 Å². The molecular formula is C16H22N2O2. The number of ether oxygens (including phenoxy) is 1. The van der Waals surface area contributed by atoms with Crippen molar-refractivity contribution in [2.75, 3.05) is 26.7 Å². The van der Waals surface area contributed by atoms with Crippen molar-refractivity contribution in [3.63, 3.8) is 0 Å². The molecule has 0 spiro atoms. The molecule has 4 heteroatoms. The number of allylic oxidation sites excluding steroid dienone is 2. The van der Waals surface area contributed by atoms with Crippen LogP contribution >= 0.6 is 0 Å². The van der Waals surface area contributed by atoms with Crippen molar-refractivity contribution in [1.29, 1.82) is 0 Å². The average Bonchev–Trinajstić information content (AvgIpc) is 2.97. The Morgan fingerprint density at radius 1 is 1.60 bits per heavy atom. The quantitative estimate of drug-likeness (QED) is 0.419. The fourth-order valence-electron chi connectivity index (χ4n) is 2.72. The zero-order valence-electron chi connectivity index (χ0n) is 12.0. The third-order valence-corrected chi connectivity index (χ3v) is 3.80. The number of rotatable bonds is 7. The first kappa shape index (κ1) is 14.8. The second kappa shape index (κ2) is 7.28. The molecule has 2 aliphatic rings. The zero-order valence-corrected chi connectivity index (χ0v) is 12.0. The molecule has 2 rings (SSSR count). The molecule has 1 saturated heterocycles. The molecular weight excluding hydrogens is 252 g/mol. The molecule has 0 saturated carbocycles. The van der Waals surface area contributed by atoms with Crippen LogP contribution in [0, 0.1) is 0 Å². The van der Waals surface area contributed by atoms with Gasteiger partial charge in [0.1, 0.15) is 5.54 Å². The molecule has 1 aliphatic carbocycles. The van der Waals surface area contributed by atoms with E-state index >= 15 is 0 Å². The highest BCUT2D eigenvalue weighted by Gasteiger charge is 2.41. The maximum atomic E-state index is 11.9. The highest BCUT2D eigenvalue weighted by Crippen LogP contribution is 2.25. The van der Waals surface area contributed by atoms with Crippen molar-refractivity contribution in [2.45, 2.75) is 31.2 Å². The second-order valence-corrected chi connectivity index (χ2v) is 5.20. The monoisotopic (exact) mass is 274 g/mol. The minimum atomic E-state index is -0.455. The van der Waals surface area contributed by atoms with Gasteiger partial charge in [-0.3, -0.25) is 4.79 Å². The molecule has 108 valence electrons. The fourth-order valence-corrected chi connectivity index (χ4v) is 2.72. The summed E-state index contributed by atoms with van der Waals surface area (Å²) in [4.78, 5) is 11.9. The van der Waals surface area contributed by atoms with Crippen LogP contribution in [-0.4, -0.2) is 38.3 Å². The zero-order chi connectivity index (χ0) is 14.3. The number of carbonyl (C=O) groups excluding carboxylic acids is 1. The third-order valence-electron chi connectivity index (χ3n) is 3.80. The first-order chi connectivity index (χ1) is 9.77. The molecule has 0 radical (unpaired) electrons. The third kappa shape index (κ3) is 3.72. The van der Waals surface area contributed by atoms with Gasteiger partial charge in [0.05, 0.1) is 7.11 Å². The Balaban J connectivity index is 1.72. The molecule has 0 aromatic rings. The van der Waals surface area contributed by atoms with E-state index in [0.29, 0.717) is 0 Å². The molecule has 20 heavy (non-hydrogen) atoms. The van der Waals surface area contributed by atoms with Crippen molar-refractivity contribution >= 4 is 5.97 Å². The minimum Gasteiger partial charge on any atom is -0.468 e. The van der Waals surface area contributed by atoms with Gasteiger partial charge in [-0.2, -0.15) is 0 Å². The molecule has 2 N–H and O–H groups in total. The molecule has 1 fully saturated rings. The summed E-state index contributed by atoms with van der Waals surface area (Å²) >= 11 is 0. The summed E-state index contributed by atoms with van der Waals surface area (Å²) in [6, 6.07) is 0. The molecule has 0 amide bonds. The SMILES string of the molecule is COC(=O)C1(CCCNCC2=C=C=CC=C2)CCCN1. The molecule has 0 bridgehead atoms. The smallest absolute Gasteiger partial charge is 0.326 e. The molecule has 0 aromatic heterocycles. The van der Waals surface area contributed by atoms with Gasteiger partial charge in [0.15, 0.2) is 0 Å². The van der Waals surface area contributed by atoms with Gasteiger partial charge in [-0.1, -0.05) is 17.5 Å². The summed E-state index contributed by atoms with van der Waals surface area (Å²) in [5.74, 6) is -0.124. The van der Waals surface area contributed by atoms with E-state index in [1.807, 2.05) is 18.2 Å². The molecule has 0 aromatic carbocycles. The van der Waals surface area contributed by atoms with Crippen LogP contribution in [0.5, 0.6) is 0 Å². The maximum Gasteiger partial charge on any atom is 0.326 e. The van der Waals surface area contributed by atoms with Crippen LogP contribution in [-0.2, 0) is 9.53 Å². The van der Waals surface area contributed by atoms with Crippen LogP contribution in [0.3, 0.4) is 0 Å². The lowest BCUT2D eigenvalue weighted by Crippen LogP contribution is -2.48. The van der Waals surface area contributed by atoms with Crippen LogP contribution in [0.4, 0.5) is 0 Å². The van der Waals surface area contributed by atoms with Gasteiger partial charge in [0.2, 0.25) is 0 Å². The van der Waals surface area contributed by atoms with Crippen LogP contribution in [0.2, 0.25) is 0 Å². The Hall–Kier alpha value is -1.57. The molecule has 1 unspecified atom stereocenters. The Morgan fingerprint density at radius 2 is 2.50 bits per heavy atom. The number of nitrogens with one attached hydrogen (secondary N) is 2. The van der Waals surface area contributed by atoms with Gasteiger partial charge in [-0.25, -0.2) is 0 Å². The first-order valence-electron chi connectivity index (χ1n) is 7.18. The van der Waals surface area contributed by atoms with E-state index in [4.69, 9.17) is 4.74 Å². The molecule has 4 nitrogen and oxygen atoms in total. The van der Waals surface area contributed by atoms with E-state index in [-0.39, 0.29) is 5.97 Å². The number of methoxy groups -OCH3 is 1. The lowest BCUT2D eigenvalue weighted by molar-refractivity contribution is -0.148. The number of hydrogen-bond acceptors (Lipinski definition) is 4. The maximum absolute atomic E-state index is 11.9. The summed E-state index contributed by atoms with van der Waals surface area (Å²) in [7, 11) is 1.46.